The van der Waals surface area contributed by atoms with Crippen molar-refractivity contribution >= 4 is 28.5 Å². The Kier molecular flexibility index (Phi) is 7.59. The molecule has 2 N–H and O–H groups in total. The van der Waals surface area contributed by atoms with E-state index in [9.17, 15) is 14.7 Å². The van der Waals surface area contributed by atoms with E-state index in [1.54, 1.807) is 18.2 Å². The molecule has 5 aromatic rings. The van der Waals surface area contributed by atoms with Gasteiger partial charge in [-0.1, -0.05) is 78.3 Å². The zero-order valence-electron chi connectivity index (χ0n) is 22.2. The zero-order valence-corrected chi connectivity index (χ0v) is 23.0. The summed E-state index contributed by atoms with van der Waals surface area (Å²) in [6.45, 7) is 1.21. The summed E-state index contributed by atoms with van der Waals surface area (Å²) in [4.78, 5) is 28.6. The molecule has 1 fully saturated rings. The number of halogens is 1. The molecule has 4 aromatic carbocycles. The summed E-state index contributed by atoms with van der Waals surface area (Å²) in [5, 5.41) is 11.5. The van der Waals surface area contributed by atoms with Crippen molar-refractivity contribution in [3.8, 4) is 39.1 Å². The number of phenols is 1. The second-order valence-electron chi connectivity index (χ2n) is 10.2. The Bertz CT molecular complexity index is 1790. The third-order valence-electron chi connectivity index (χ3n) is 7.40. The molecule has 0 atom stereocenters. The topological polar surface area (TPSA) is 88.6 Å². The van der Waals surface area contributed by atoms with E-state index in [2.05, 4.69) is 4.98 Å². The number of aromatic amines is 1. The van der Waals surface area contributed by atoms with Gasteiger partial charge >= 0.3 is 5.97 Å². The quantitative estimate of drug-likeness (QED) is 0.213. The van der Waals surface area contributed by atoms with E-state index in [-0.39, 0.29) is 29.8 Å². The summed E-state index contributed by atoms with van der Waals surface area (Å²) in [5.41, 5.74) is 5.77. The minimum Gasteiger partial charge on any atom is -0.507 e. The van der Waals surface area contributed by atoms with Crippen molar-refractivity contribution in [2.24, 2.45) is 0 Å². The van der Waals surface area contributed by atoms with Crippen LogP contribution in [0, 0.1) is 0 Å². The number of para-hydroxylation sites is 1. The van der Waals surface area contributed by atoms with Crippen LogP contribution in [-0.2, 0) is 20.7 Å². The third-order valence-corrected chi connectivity index (χ3v) is 7.71. The van der Waals surface area contributed by atoms with Crippen LogP contribution in [0.1, 0.15) is 18.4 Å². The third kappa shape index (κ3) is 5.89. The SMILES string of the molecule is O=C(Cc1cccc(-c2cc3cc(-c4ccc(-c5ccccc5O)cc4)c(Cl)cc3[nH]c2=O)c1)OC1CCOCC1. The van der Waals surface area contributed by atoms with Gasteiger partial charge in [0.25, 0.3) is 5.56 Å². The molecule has 0 spiro atoms. The average Bonchev–Trinajstić information content (AvgIpc) is 2.98. The lowest BCUT2D eigenvalue weighted by Crippen LogP contribution is -2.26. The van der Waals surface area contributed by atoms with E-state index in [1.165, 1.54) is 0 Å². The van der Waals surface area contributed by atoms with Gasteiger partial charge < -0.3 is 19.6 Å². The molecule has 6 rings (SSSR count). The number of hydrogen-bond acceptors (Lipinski definition) is 5. The Labute approximate surface area is 242 Å². The number of carbonyl (C=O) groups is 1. The molecule has 0 bridgehead atoms. The predicted octanol–water partition coefficient (Wildman–Crippen LogP) is 7.15. The fourth-order valence-electron chi connectivity index (χ4n) is 5.25. The number of carbonyl (C=O) groups excluding carboxylic acids is 1. The van der Waals surface area contributed by atoms with Crippen molar-refractivity contribution in [3.05, 3.63) is 112 Å². The molecule has 7 heteroatoms. The Balaban J connectivity index is 1.28. The Morgan fingerprint density at radius 2 is 1.56 bits per heavy atom. The van der Waals surface area contributed by atoms with Crippen LogP contribution in [0.25, 0.3) is 44.3 Å². The summed E-state index contributed by atoms with van der Waals surface area (Å²) in [7, 11) is 0. The first-order valence-electron chi connectivity index (χ1n) is 13.6. The first kappa shape index (κ1) is 26.8. The van der Waals surface area contributed by atoms with E-state index < -0.39 is 0 Å². The Morgan fingerprint density at radius 1 is 0.854 bits per heavy atom. The number of nitrogens with one attached hydrogen (secondary N) is 1. The molecular weight excluding hydrogens is 538 g/mol. The lowest BCUT2D eigenvalue weighted by atomic mass is 9.97. The molecular formula is C34H28ClNO5. The summed E-state index contributed by atoms with van der Waals surface area (Å²) < 4.78 is 10.9. The van der Waals surface area contributed by atoms with Crippen LogP contribution in [0.3, 0.4) is 0 Å². The van der Waals surface area contributed by atoms with Crippen molar-refractivity contribution in [1.29, 1.82) is 0 Å². The Hall–Kier alpha value is -4.39. The Morgan fingerprint density at radius 3 is 2.32 bits per heavy atom. The van der Waals surface area contributed by atoms with Crippen molar-refractivity contribution < 1.29 is 19.4 Å². The standard InChI is InChI=1S/C34H28ClNO5/c35-30-20-31-25(18-28(30)23-10-8-22(9-11-23)27-6-1-2-7-32(27)37)19-29(34(39)36-31)24-5-3-4-21(16-24)17-33(38)41-26-12-14-40-15-13-26/h1-11,16,18-20,26,37H,12-15,17H2,(H,36,39). The van der Waals surface area contributed by atoms with Gasteiger partial charge in [-0.05, 0) is 51.9 Å². The zero-order chi connectivity index (χ0) is 28.3. The molecule has 0 saturated carbocycles. The van der Waals surface area contributed by atoms with E-state index in [0.29, 0.717) is 47.7 Å². The maximum atomic E-state index is 13.1. The fraction of sp³-hybridized carbons (Fsp3) is 0.176. The largest absolute Gasteiger partial charge is 0.507 e. The number of pyridine rings is 1. The molecule has 6 nitrogen and oxygen atoms in total. The van der Waals surface area contributed by atoms with Crippen molar-refractivity contribution in [3.63, 3.8) is 0 Å². The van der Waals surface area contributed by atoms with Gasteiger partial charge in [0.2, 0.25) is 0 Å². The second-order valence-corrected chi connectivity index (χ2v) is 10.6. The van der Waals surface area contributed by atoms with Crippen molar-refractivity contribution in [1.82, 2.24) is 4.98 Å². The molecule has 206 valence electrons. The highest BCUT2D eigenvalue weighted by atomic mass is 35.5. The summed E-state index contributed by atoms with van der Waals surface area (Å²) in [6, 6.07) is 28.0. The number of aromatic nitrogens is 1. The van der Waals surface area contributed by atoms with Crippen molar-refractivity contribution in [2.45, 2.75) is 25.4 Å². The maximum absolute atomic E-state index is 13.1. The van der Waals surface area contributed by atoms with Crippen LogP contribution in [-0.4, -0.2) is 35.4 Å². The first-order chi connectivity index (χ1) is 19.9. The number of fused-ring (bicyclic) bond motifs is 1. The van der Waals surface area contributed by atoms with Crippen LogP contribution in [0.4, 0.5) is 0 Å². The molecule has 1 aromatic heterocycles. The molecule has 1 aliphatic heterocycles. The number of benzene rings is 4. The monoisotopic (exact) mass is 565 g/mol. The number of phenolic OH excluding ortho intramolecular Hbond substituents is 1. The minimum absolute atomic E-state index is 0.106. The highest BCUT2D eigenvalue weighted by Gasteiger charge is 2.19. The van der Waals surface area contributed by atoms with Gasteiger partial charge in [0.05, 0.1) is 24.7 Å². The van der Waals surface area contributed by atoms with E-state index in [1.807, 2.05) is 72.8 Å². The lowest BCUT2D eigenvalue weighted by molar-refractivity contribution is -0.152. The highest BCUT2D eigenvalue weighted by molar-refractivity contribution is 6.34. The van der Waals surface area contributed by atoms with Gasteiger partial charge in [-0.2, -0.15) is 0 Å². The van der Waals surface area contributed by atoms with E-state index in [4.69, 9.17) is 21.1 Å². The van der Waals surface area contributed by atoms with Crippen molar-refractivity contribution in [2.75, 3.05) is 13.2 Å². The van der Waals surface area contributed by atoms with Crippen LogP contribution in [0.15, 0.2) is 95.8 Å². The summed E-state index contributed by atoms with van der Waals surface area (Å²) in [5.74, 6) is -0.0602. The smallest absolute Gasteiger partial charge is 0.310 e. The molecule has 2 heterocycles. The van der Waals surface area contributed by atoms with Gasteiger partial charge in [-0.15, -0.1) is 0 Å². The molecule has 0 unspecified atom stereocenters. The normalized spacial score (nSPS) is 13.8. The van der Waals surface area contributed by atoms with Crippen LogP contribution >= 0.6 is 11.6 Å². The molecule has 0 aliphatic carbocycles. The van der Waals surface area contributed by atoms with Crippen LogP contribution in [0.2, 0.25) is 5.02 Å². The molecule has 0 amide bonds. The minimum atomic E-state index is -0.283. The molecule has 1 saturated heterocycles. The van der Waals surface area contributed by atoms with Gasteiger partial charge in [0, 0.05) is 35.0 Å². The van der Waals surface area contributed by atoms with E-state index in [0.717, 1.165) is 33.2 Å². The number of H-pyrrole nitrogens is 1. The molecule has 41 heavy (non-hydrogen) atoms. The van der Waals surface area contributed by atoms with Gasteiger partial charge in [-0.25, -0.2) is 0 Å². The fourth-order valence-corrected chi connectivity index (χ4v) is 5.52. The number of esters is 1. The van der Waals surface area contributed by atoms with E-state index >= 15 is 0 Å². The highest BCUT2D eigenvalue weighted by Crippen LogP contribution is 2.35. The average molecular weight is 566 g/mol. The molecule has 1 aliphatic rings. The van der Waals surface area contributed by atoms with Gasteiger partial charge in [-0.3, -0.25) is 9.59 Å². The van der Waals surface area contributed by atoms with Gasteiger partial charge in [0.15, 0.2) is 0 Å². The summed E-state index contributed by atoms with van der Waals surface area (Å²) >= 11 is 6.66. The number of ether oxygens (including phenoxy) is 2. The van der Waals surface area contributed by atoms with Crippen LogP contribution < -0.4 is 5.56 Å². The lowest BCUT2D eigenvalue weighted by Gasteiger charge is -2.22. The molecule has 0 radical (unpaired) electrons. The maximum Gasteiger partial charge on any atom is 0.310 e. The van der Waals surface area contributed by atoms with Gasteiger partial charge in [0.1, 0.15) is 11.9 Å². The number of rotatable bonds is 6. The second kappa shape index (κ2) is 11.6. The number of aromatic hydroxyl groups is 1. The van der Waals surface area contributed by atoms with Crippen LogP contribution in [0.5, 0.6) is 5.75 Å². The summed E-state index contributed by atoms with van der Waals surface area (Å²) in [6.07, 6.45) is 1.45. The number of hydrogen-bond donors (Lipinski definition) is 2. The predicted molar refractivity (Wildman–Crippen MR) is 161 cm³/mol. The first-order valence-corrected chi connectivity index (χ1v) is 13.9.